The van der Waals surface area contributed by atoms with Gasteiger partial charge < -0.3 is 10.1 Å². The van der Waals surface area contributed by atoms with Crippen LogP contribution in [0.15, 0.2) is 30.6 Å². The topological polar surface area (TPSA) is 59.9 Å². The fourth-order valence-corrected chi connectivity index (χ4v) is 1.70. The van der Waals surface area contributed by atoms with Crippen molar-refractivity contribution >= 4 is 5.82 Å². The SMILES string of the molecule is CCCOc1cc(NCc2cccnc2)nc(CC)n1. The molecule has 0 saturated heterocycles. The lowest BCUT2D eigenvalue weighted by Gasteiger charge is -2.10. The molecule has 5 heteroatoms. The monoisotopic (exact) mass is 272 g/mol. The maximum absolute atomic E-state index is 5.59. The lowest BCUT2D eigenvalue weighted by Crippen LogP contribution is -2.06. The van der Waals surface area contributed by atoms with Crippen molar-refractivity contribution in [1.82, 2.24) is 15.0 Å². The Kier molecular flexibility index (Phi) is 5.29. The second-order valence-electron chi connectivity index (χ2n) is 4.42. The summed E-state index contributed by atoms with van der Waals surface area (Å²) >= 11 is 0. The largest absolute Gasteiger partial charge is 0.478 e. The number of anilines is 1. The summed E-state index contributed by atoms with van der Waals surface area (Å²) in [7, 11) is 0. The number of rotatable bonds is 7. The van der Waals surface area contributed by atoms with E-state index in [0.29, 0.717) is 19.0 Å². The highest BCUT2D eigenvalue weighted by atomic mass is 16.5. The van der Waals surface area contributed by atoms with E-state index >= 15 is 0 Å². The smallest absolute Gasteiger partial charge is 0.218 e. The molecule has 0 atom stereocenters. The van der Waals surface area contributed by atoms with E-state index in [-0.39, 0.29) is 0 Å². The van der Waals surface area contributed by atoms with E-state index in [1.54, 1.807) is 6.20 Å². The van der Waals surface area contributed by atoms with Gasteiger partial charge in [-0.1, -0.05) is 19.9 Å². The summed E-state index contributed by atoms with van der Waals surface area (Å²) in [6.07, 6.45) is 5.35. The Bertz CT molecular complexity index is 531. The van der Waals surface area contributed by atoms with E-state index in [1.165, 1.54) is 0 Å². The first-order chi connectivity index (χ1) is 9.81. The molecular formula is C15H20N4O. The van der Waals surface area contributed by atoms with Crippen LogP contribution in [0.2, 0.25) is 0 Å². The molecule has 0 aromatic carbocycles. The summed E-state index contributed by atoms with van der Waals surface area (Å²) in [5.41, 5.74) is 1.11. The number of ether oxygens (including phenoxy) is 1. The van der Waals surface area contributed by atoms with Crippen LogP contribution in [-0.4, -0.2) is 21.6 Å². The van der Waals surface area contributed by atoms with E-state index in [9.17, 15) is 0 Å². The van der Waals surface area contributed by atoms with Crippen molar-refractivity contribution in [3.63, 3.8) is 0 Å². The van der Waals surface area contributed by atoms with Crippen LogP contribution in [0.4, 0.5) is 5.82 Å². The second-order valence-corrected chi connectivity index (χ2v) is 4.42. The lowest BCUT2D eigenvalue weighted by atomic mass is 10.3. The van der Waals surface area contributed by atoms with Crippen molar-refractivity contribution in [3.05, 3.63) is 42.0 Å². The maximum Gasteiger partial charge on any atom is 0.218 e. The molecule has 0 aliphatic carbocycles. The molecule has 0 aliphatic heterocycles. The number of aromatic nitrogens is 3. The average molecular weight is 272 g/mol. The summed E-state index contributed by atoms with van der Waals surface area (Å²) in [5.74, 6) is 2.20. The Morgan fingerprint density at radius 1 is 1.25 bits per heavy atom. The van der Waals surface area contributed by atoms with E-state index in [1.807, 2.05) is 31.3 Å². The fourth-order valence-electron chi connectivity index (χ4n) is 1.70. The van der Waals surface area contributed by atoms with Crippen molar-refractivity contribution < 1.29 is 4.74 Å². The molecule has 0 saturated carbocycles. The van der Waals surface area contributed by atoms with Gasteiger partial charge in [-0.2, -0.15) is 4.98 Å². The zero-order valence-corrected chi connectivity index (χ0v) is 12.0. The lowest BCUT2D eigenvalue weighted by molar-refractivity contribution is 0.304. The number of pyridine rings is 1. The quantitative estimate of drug-likeness (QED) is 0.839. The van der Waals surface area contributed by atoms with Crippen LogP contribution < -0.4 is 10.1 Å². The van der Waals surface area contributed by atoms with Crippen LogP contribution in [0.3, 0.4) is 0 Å². The molecule has 20 heavy (non-hydrogen) atoms. The Balaban J connectivity index is 2.06. The van der Waals surface area contributed by atoms with E-state index < -0.39 is 0 Å². The van der Waals surface area contributed by atoms with Gasteiger partial charge in [0.25, 0.3) is 0 Å². The van der Waals surface area contributed by atoms with Gasteiger partial charge >= 0.3 is 0 Å². The van der Waals surface area contributed by atoms with Gasteiger partial charge in [0.05, 0.1) is 6.61 Å². The molecule has 0 fully saturated rings. The van der Waals surface area contributed by atoms with Crippen molar-refractivity contribution in [2.75, 3.05) is 11.9 Å². The van der Waals surface area contributed by atoms with Gasteiger partial charge in [-0.15, -0.1) is 0 Å². The molecule has 0 spiro atoms. The van der Waals surface area contributed by atoms with Crippen molar-refractivity contribution in [3.8, 4) is 5.88 Å². The zero-order chi connectivity index (χ0) is 14.2. The molecule has 0 aliphatic rings. The predicted octanol–water partition coefficient (Wildman–Crippen LogP) is 2.83. The molecule has 106 valence electrons. The van der Waals surface area contributed by atoms with Gasteiger partial charge in [0.2, 0.25) is 5.88 Å². The molecule has 2 aromatic rings. The zero-order valence-electron chi connectivity index (χ0n) is 12.0. The van der Waals surface area contributed by atoms with Gasteiger partial charge in [-0.25, -0.2) is 4.98 Å². The molecular weight excluding hydrogens is 252 g/mol. The molecule has 0 amide bonds. The Hall–Kier alpha value is -2.17. The summed E-state index contributed by atoms with van der Waals surface area (Å²) in [4.78, 5) is 12.9. The van der Waals surface area contributed by atoms with E-state index in [0.717, 1.165) is 30.0 Å². The van der Waals surface area contributed by atoms with Crippen molar-refractivity contribution in [2.45, 2.75) is 33.2 Å². The first kappa shape index (κ1) is 14.2. The van der Waals surface area contributed by atoms with Crippen LogP contribution in [0.5, 0.6) is 5.88 Å². The van der Waals surface area contributed by atoms with Crippen LogP contribution in [0.1, 0.15) is 31.7 Å². The molecule has 2 rings (SSSR count). The minimum absolute atomic E-state index is 0.632. The van der Waals surface area contributed by atoms with Crippen molar-refractivity contribution in [1.29, 1.82) is 0 Å². The maximum atomic E-state index is 5.59. The van der Waals surface area contributed by atoms with Crippen LogP contribution >= 0.6 is 0 Å². The Labute approximate surface area is 119 Å². The summed E-state index contributed by atoms with van der Waals surface area (Å²) in [5, 5.41) is 3.28. The summed E-state index contributed by atoms with van der Waals surface area (Å²) in [6.45, 7) is 5.46. The number of nitrogens with one attached hydrogen (secondary N) is 1. The van der Waals surface area contributed by atoms with Crippen LogP contribution in [0, 0.1) is 0 Å². The second kappa shape index (κ2) is 7.43. The van der Waals surface area contributed by atoms with Crippen molar-refractivity contribution in [2.24, 2.45) is 0 Å². The first-order valence-corrected chi connectivity index (χ1v) is 6.95. The third kappa shape index (κ3) is 4.19. The average Bonchev–Trinajstić information content (AvgIpc) is 2.51. The fraction of sp³-hybridized carbons (Fsp3) is 0.400. The van der Waals surface area contributed by atoms with Gasteiger partial charge in [0, 0.05) is 31.4 Å². The minimum Gasteiger partial charge on any atom is -0.478 e. The number of nitrogens with zero attached hydrogens (tertiary/aromatic N) is 3. The van der Waals surface area contributed by atoms with Crippen LogP contribution in [0.25, 0.3) is 0 Å². The molecule has 0 unspecified atom stereocenters. The third-order valence-corrected chi connectivity index (χ3v) is 2.72. The summed E-state index contributed by atoms with van der Waals surface area (Å²) < 4.78 is 5.59. The Morgan fingerprint density at radius 3 is 2.85 bits per heavy atom. The highest BCUT2D eigenvalue weighted by Crippen LogP contribution is 2.15. The standard InChI is InChI=1S/C15H20N4O/c1-3-8-20-15-9-14(18-13(4-2)19-15)17-11-12-6-5-7-16-10-12/h5-7,9-10H,3-4,8,11H2,1-2H3,(H,17,18,19). The van der Waals surface area contributed by atoms with E-state index in [2.05, 4.69) is 27.2 Å². The number of hydrogen-bond donors (Lipinski definition) is 1. The molecule has 2 heterocycles. The van der Waals surface area contributed by atoms with Gasteiger partial charge in [0.15, 0.2) is 0 Å². The normalized spacial score (nSPS) is 10.3. The Morgan fingerprint density at radius 2 is 2.15 bits per heavy atom. The van der Waals surface area contributed by atoms with E-state index in [4.69, 9.17) is 4.74 Å². The first-order valence-electron chi connectivity index (χ1n) is 6.95. The molecule has 0 radical (unpaired) electrons. The molecule has 5 nitrogen and oxygen atoms in total. The molecule has 0 bridgehead atoms. The number of hydrogen-bond acceptors (Lipinski definition) is 5. The van der Waals surface area contributed by atoms with Gasteiger partial charge in [0.1, 0.15) is 11.6 Å². The summed E-state index contributed by atoms with van der Waals surface area (Å²) in [6, 6.07) is 5.78. The van der Waals surface area contributed by atoms with Gasteiger partial charge in [-0.05, 0) is 18.1 Å². The highest BCUT2D eigenvalue weighted by molar-refractivity contribution is 5.39. The number of aryl methyl sites for hydroxylation is 1. The molecule has 2 aromatic heterocycles. The third-order valence-electron chi connectivity index (χ3n) is 2.72. The van der Waals surface area contributed by atoms with Gasteiger partial charge in [-0.3, -0.25) is 4.98 Å². The van der Waals surface area contributed by atoms with Crippen LogP contribution in [-0.2, 0) is 13.0 Å². The highest BCUT2D eigenvalue weighted by Gasteiger charge is 2.04. The molecule has 1 N–H and O–H groups in total. The minimum atomic E-state index is 0.632. The predicted molar refractivity (Wildman–Crippen MR) is 78.8 cm³/mol.